The highest BCUT2D eigenvalue weighted by atomic mass is 16.3. The van der Waals surface area contributed by atoms with Crippen LogP contribution in [0.2, 0.25) is 0 Å². The molecule has 0 aliphatic heterocycles. The highest BCUT2D eigenvalue weighted by Crippen LogP contribution is 2.21. The maximum atomic E-state index is 5.65. The van der Waals surface area contributed by atoms with Crippen LogP contribution >= 0.6 is 0 Å². The minimum absolute atomic E-state index is 0.461. The second-order valence-electron chi connectivity index (χ2n) is 4.96. The van der Waals surface area contributed by atoms with E-state index in [4.69, 9.17) is 4.42 Å². The molecule has 0 spiro atoms. The zero-order valence-electron chi connectivity index (χ0n) is 11.3. The summed E-state index contributed by atoms with van der Waals surface area (Å²) in [7, 11) is 2.13. The summed E-state index contributed by atoms with van der Waals surface area (Å²) in [4.78, 5) is 2.29. The summed E-state index contributed by atoms with van der Waals surface area (Å²) in [5, 5.41) is 6.93. The van der Waals surface area contributed by atoms with Crippen LogP contribution < -0.4 is 0 Å². The van der Waals surface area contributed by atoms with Gasteiger partial charge in [-0.2, -0.15) is 5.10 Å². The molecule has 0 saturated carbocycles. The number of furan rings is 1. The van der Waals surface area contributed by atoms with Gasteiger partial charge in [0.05, 0.1) is 0 Å². The van der Waals surface area contributed by atoms with Crippen molar-refractivity contribution in [2.45, 2.75) is 32.7 Å². The summed E-state index contributed by atoms with van der Waals surface area (Å²) >= 11 is 0. The van der Waals surface area contributed by atoms with E-state index in [0.29, 0.717) is 5.92 Å². The number of hydrogen-bond donors (Lipinski definition) is 1. The molecular weight excluding hydrogens is 226 g/mol. The summed E-state index contributed by atoms with van der Waals surface area (Å²) in [5.74, 6) is 2.54. The van der Waals surface area contributed by atoms with Gasteiger partial charge < -0.3 is 9.32 Å². The van der Waals surface area contributed by atoms with Gasteiger partial charge >= 0.3 is 0 Å². The maximum Gasteiger partial charge on any atom is 0.107 e. The summed E-state index contributed by atoms with van der Waals surface area (Å²) in [6.07, 6.45) is 2.88. The first kappa shape index (κ1) is 12.9. The number of rotatable bonds is 6. The van der Waals surface area contributed by atoms with E-state index in [1.54, 1.807) is 6.20 Å². The third-order valence-corrected chi connectivity index (χ3v) is 3.19. The summed E-state index contributed by atoms with van der Waals surface area (Å²) in [5.41, 5.74) is 1.15. The summed E-state index contributed by atoms with van der Waals surface area (Å²) in [6.45, 7) is 6.15. The third kappa shape index (κ3) is 3.47. The summed E-state index contributed by atoms with van der Waals surface area (Å²) < 4.78 is 5.65. The van der Waals surface area contributed by atoms with Gasteiger partial charge in [0, 0.05) is 24.4 Å². The van der Waals surface area contributed by atoms with Crippen molar-refractivity contribution in [2.75, 3.05) is 13.6 Å². The maximum absolute atomic E-state index is 5.65. The van der Waals surface area contributed by atoms with E-state index in [9.17, 15) is 0 Å². The van der Waals surface area contributed by atoms with Gasteiger partial charge in [-0.15, -0.1) is 0 Å². The Hall–Kier alpha value is -1.55. The molecule has 2 aromatic heterocycles. The van der Waals surface area contributed by atoms with Gasteiger partial charge in [-0.05, 0) is 45.1 Å². The van der Waals surface area contributed by atoms with Crippen LogP contribution in [0.5, 0.6) is 0 Å². The van der Waals surface area contributed by atoms with Crippen molar-refractivity contribution in [1.82, 2.24) is 15.1 Å². The SMILES string of the molecule is Cc1ccc([C@H](C)CCN(C)Cc2ccn[nH]2)o1. The lowest BCUT2D eigenvalue weighted by Crippen LogP contribution is -2.20. The van der Waals surface area contributed by atoms with E-state index >= 15 is 0 Å². The molecule has 1 atom stereocenters. The number of H-pyrrole nitrogens is 1. The highest BCUT2D eigenvalue weighted by Gasteiger charge is 2.11. The molecule has 2 aromatic rings. The minimum Gasteiger partial charge on any atom is -0.466 e. The lowest BCUT2D eigenvalue weighted by molar-refractivity contribution is 0.301. The van der Waals surface area contributed by atoms with Gasteiger partial charge in [0.2, 0.25) is 0 Å². The standard InChI is InChI=1S/C14H21N3O/c1-11(14-5-4-12(2)18-14)7-9-17(3)10-13-6-8-15-16-13/h4-6,8,11H,7,9-10H2,1-3H3,(H,15,16)/t11-/m1/s1. The van der Waals surface area contributed by atoms with Crippen LogP contribution in [0.15, 0.2) is 28.8 Å². The molecule has 98 valence electrons. The van der Waals surface area contributed by atoms with Gasteiger partial charge in [-0.3, -0.25) is 5.10 Å². The van der Waals surface area contributed by atoms with Gasteiger partial charge in [0.25, 0.3) is 0 Å². The Bertz CT molecular complexity index is 461. The van der Waals surface area contributed by atoms with Crippen LogP contribution in [-0.2, 0) is 6.54 Å². The number of hydrogen-bond acceptors (Lipinski definition) is 3. The van der Waals surface area contributed by atoms with Crippen molar-refractivity contribution < 1.29 is 4.42 Å². The fourth-order valence-corrected chi connectivity index (χ4v) is 2.02. The monoisotopic (exact) mass is 247 g/mol. The lowest BCUT2D eigenvalue weighted by atomic mass is 10.1. The van der Waals surface area contributed by atoms with Crippen LogP contribution in [0.25, 0.3) is 0 Å². The van der Waals surface area contributed by atoms with E-state index in [1.807, 2.05) is 19.1 Å². The van der Waals surface area contributed by atoms with E-state index < -0.39 is 0 Å². The van der Waals surface area contributed by atoms with Gasteiger partial charge in [0.15, 0.2) is 0 Å². The molecule has 2 heterocycles. The number of nitrogens with zero attached hydrogens (tertiary/aromatic N) is 2. The highest BCUT2D eigenvalue weighted by molar-refractivity contribution is 5.09. The lowest BCUT2D eigenvalue weighted by Gasteiger charge is -2.17. The van der Waals surface area contributed by atoms with Crippen molar-refractivity contribution in [1.29, 1.82) is 0 Å². The van der Waals surface area contributed by atoms with Gasteiger partial charge in [0.1, 0.15) is 11.5 Å². The van der Waals surface area contributed by atoms with Crippen molar-refractivity contribution in [3.8, 4) is 0 Å². The molecule has 0 radical (unpaired) electrons. The Morgan fingerprint density at radius 2 is 2.22 bits per heavy atom. The first-order chi connectivity index (χ1) is 8.65. The molecule has 18 heavy (non-hydrogen) atoms. The number of aromatic amines is 1. The minimum atomic E-state index is 0.461. The molecule has 0 aliphatic rings. The number of aryl methyl sites for hydroxylation is 1. The molecule has 2 rings (SSSR count). The molecule has 0 aliphatic carbocycles. The Kier molecular flexibility index (Phi) is 4.20. The second-order valence-corrected chi connectivity index (χ2v) is 4.96. The molecule has 0 saturated heterocycles. The molecule has 1 N–H and O–H groups in total. The first-order valence-corrected chi connectivity index (χ1v) is 6.38. The van der Waals surface area contributed by atoms with E-state index in [-0.39, 0.29) is 0 Å². The molecule has 0 fully saturated rings. The largest absolute Gasteiger partial charge is 0.466 e. The second kappa shape index (κ2) is 5.87. The third-order valence-electron chi connectivity index (χ3n) is 3.19. The smallest absolute Gasteiger partial charge is 0.107 e. The number of nitrogens with one attached hydrogen (secondary N) is 1. The van der Waals surface area contributed by atoms with Crippen molar-refractivity contribution in [2.24, 2.45) is 0 Å². The van der Waals surface area contributed by atoms with E-state index in [1.165, 1.54) is 0 Å². The predicted molar refractivity (Wildman–Crippen MR) is 71.4 cm³/mol. The fourth-order valence-electron chi connectivity index (χ4n) is 2.02. The number of aromatic nitrogens is 2. The van der Waals surface area contributed by atoms with Crippen LogP contribution in [-0.4, -0.2) is 28.7 Å². The molecule has 0 aromatic carbocycles. The fraction of sp³-hybridized carbons (Fsp3) is 0.500. The molecular formula is C14H21N3O. The first-order valence-electron chi connectivity index (χ1n) is 6.38. The van der Waals surface area contributed by atoms with Gasteiger partial charge in [-0.1, -0.05) is 6.92 Å². The van der Waals surface area contributed by atoms with Crippen molar-refractivity contribution >= 4 is 0 Å². The van der Waals surface area contributed by atoms with Gasteiger partial charge in [-0.25, -0.2) is 0 Å². The van der Waals surface area contributed by atoms with E-state index in [0.717, 1.165) is 36.7 Å². The molecule has 4 heteroatoms. The average Bonchev–Trinajstić information content (AvgIpc) is 2.97. The molecule has 4 nitrogen and oxygen atoms in total. The van der Waals surface area contributed by atoms with Crippen LogP contribution in [0, 0.1) is 6.92 Å². The van der Waals surface area contributed by atoms with Crippen molar-refractivity contribution in [3.63, 3.8) is 0 Å². The topological polar surface area (TPSA) is 45.1 Å². The molecule has 0 bridgehead atoms. The Balaban J connectivity index is 1.77. The molecule has 0 amide bonds. The zero-order valence-corrected chi connectivity index (χ0v) is 11.3. The van der Waals surface area contributed by atoms with Crippen LogP contribution in [0.3, 0.4) is 0 Å². The normalized spacial score (nSPS) is 13.1. The van der Waals surface area contributed by atoms with Crippen LogP contribution in [0.1, 0.15) is 36.5 Å². The predicted octanol–water partition coefficient (Wildman–Crippen LogP) is 2.94. The average molecular weight is 247 g/mol. The van der Waals surface area contributed by atoms with Crippen molar-refractivity contribution in [3.05, 3.63) is 41.6 Å². The molecule has 0 unspecified atom stereocenters. The Morgan fingerprint density at radius 1 is 1.39 bits per heavy atom. The van der Waals surface area contributed by atoms with Crippen LogP contribution in [0.4, 0.5) is 0 Å². The Labute approximate surface area is 108 Å². The zero-order chi connectivity index (χ0) is 13.0. The van der Waals surface area contributed by atoms with E-state index in [2.05, 4.69) is 35.1 Å². The Morgan fingerprint density at radius 3 is 2.83 bits per heavy atom. The quantitative estimate of drug-likeness (QED) is 0.853. The summed E-state index contributed by atoms with van der Waals surface area (Å²) in [6, 6.07) is 6.12.